The highest BCUT2D eigenvalue weighted by molar-refractivity contribution is 7.15. The van der Waals surface area contributed by atoms with Gasteiger partial charge in [-0.25, -0.2) is 9.78 Å². The standard InChI is InChI=1S/C16H23N3O4S/c20-13(21)2-1-7-17-14(22)19-15-18-11-3-4-16(10-12(11)24-15)5-8-23-9-6-16/h1-10H2,(H,20,21)(H2,17,18,19,22). The van der Waals surface area contributed by atoms with E-state index in [2.05, 4.69) is 15.6 Å². The molecule has 1 saturated heterocycles. The molecule has 1 fully saturated rings. The fraction of sp³-hybridized carbons (Fsp3) is 0.688. The zero-order chi connectivity index (χ0) is 17.0. The molecule has 0 atom stereocenters. The van der Waals surface area contributed by atoms with Crippen LogP contribution in [-0.2, 0) is 22.4 Å². The first-order chi connectivity index (χ1) is 11.6. The maximum atomic E-state index is 11.8. The molecule has 3 rings (SSSR count). The second kappa shape index (κ2) is 7.48. The Kier molecular flexibility index (Phi) is 5.35. The van der Waals surface area contributed by atoms with Crippen molar-refractivity contribution in [2.45, 2.75) is 44.9 Å². The minimum atomic E-state index is -0.855. The van der Waals surface area contributed by atoms with Crippen LogP contribution in [0.3, 0.4) is 0 Å². The molecule has 0 bridgehead atoms. The number of nitrogens with zero attached hydrogens (tertiary/aromatic N) is 1. The first-order valence-electron chi connectivity index (χ1n) is 8.39. The molecule has 132 valence electrons. The maximum Gasteiger partial charge on any atom is 0.321 e. The number of ether oxygens (including phenoxy) is 1. The summed E-state index contributed by atoms with van der Waals surface area (Å²) in [6, 6.07) is -0.327. The van der Waals surface area contributed by atoms with Crippen LogP contribution in [-0.4, -0.2) is 41.8 Å². The van der Waals surface area contributed by atoms with Crippen LogP contribution in [0.15, 0.2) is 0 Å². The van der Waals surface area contributed by atoms with Crippen LogP contribution in [0, 0.1) is 5.41 Å². The summed E-state index contributed by atoms with van der Waals surface area (Å²) >= 11 is 1.56. The summed E-state index contributed by atoms with van der Waals surface area (Å²) in [5.41, 5.74) is 1.46. The van der Waals surface area contributed by atoms with Gasteiger partial charge < -0.3 is 15.2 Å². The fourth-order valence-corrected chi connectivity index (χ4v) is 4.57. The number of nitrogens with one attached hydrogen (secondary N) is 2. The normalized spacial score (nSPS) is 18.8. The number of fused-ring (bicyclic) bond motifs is 1. The highest BCUT2D eigenvalue weighted by Crippen LogP contribution is 2.45. The molecule has 1 aliphatic carbocycles. The van der Waals surface area contributed by atoms with Crippen LogP contribution in [0.4, 0.5) is 9.93 Å². The summed E-state index contributed by atoms with van der Waals surface area (Å²) in [7, 11) is 0. The molecule has 2 aliphatic rings. The Morgan fingerprint density at radius 2 is 2.08 bits per heavy atom. The molecule has 1 aliphatic heterocycles. The van der Waals surface area contributed by atoms with Crippen molar-refractivity contribution in [3.63, 3.8) is 0 Å². The molecule has 2 heterocycles. The number of carbonyl (C=O) groups excluding carboxylic acids is 1. The van der Waals surface area contributed by atoms with E-state index >= 15 is 0 Å². The van der Waals surface area contributed by atoms with E-state index in [1.807, 2.05) is 0 Å². The van der Waals surface area contributed by atoms with Crippen molar-refractivity contribution in [3.8, 4) is 0 Å². The van der Waals surface area contributed by atoms with Gasteiger partial charge in [0.15, 0.2) is 5.13 Å². The first-order valence-corrected chi connectivity index (χ1v) is 9.21. The third-order valence-electron chi connectivity index (χ3n) is 4.83. The Bertz CT molecular complexity index is 610. The fourth-order valence-electron chi connectivity index (χ4n) is 3.40. The van der Waals surface area contributed by atoms with Crippen LogP contribution in [0.2, 0.25) is 0 Å². The predicted octanol–water partition coefficient (Wildman–Crippen LogP) is 2.41. The highest BCUT2D eigenvalue weighted by atomic mass is 32.1. The second-order valence-corrected chi connectivity index (χ2v) is 7.64. The predicted molar refractivity (Wildman–Crippen MR) is 90.5 cm³/mol. The summed E-state index contributed by atoms with van der Waals surface area (Å²) in [6.45, 7) is 2.03. The molecule has 24 heavy (non-hydrogen) atoms. The lowest BCUT2D eigenvalue weighted by Gasteiger charge is -2.39. The van der Waals surface area contributed by atoms with Gasteiger partial charge in [-0.05, 0) is 43.9 Å². The lowest BCUT2D eigenvalue weighted by molar-refractivity contribution is -0.137. The quantitative estimate of drug-likeness (QED) is 0.706. The van der Waals surface area contributed by atoms with Crippen molar-refractivity contribution in [1.29, 1.82) is 0 Å². The Balaban J connectivity index is 1.52. The Morgan fingerprint density at radius 3 is 2.83 bits per heavy atom. The molecule has 1 spiro atoms. The molecule has 0 unspecified atom stereocenters. The summed E-state index contributed by atoms with van der Waals surface area (Å²) in [6.07, 6.45) is 5.83. The Morgan fingerprint density at radius 1 is 1.29 bits per heavy atom. The van der Waals surface area contributed by atoms with Crippen LogP contribution in [0.25, 0.3) is 0 Å². The third kappa shape index (κ3) is 4.24. The van der Waals surface area contributed by atoms with Crippen molar-refractivity contribution in [2.75, 3.05) is 25.1 Å². The summed E-state index contributed by atoms with van der Waals surface area (Å²) in [5, 5.41) is 14.6. The topological polar surface area (TPSA) is 101 Å². The number of rotatable bonds is 5. The van der Waals surface area contributed by atoms with E-state index in [0.29, 0.717) is 23.5 Å². The molecule has 8 heteroatoms. The molecule has 7 nitrogen and oxygen atoms in total. The molecule has 2 amide bonds. The van der Waals surface area contributed by atoms with Gasteiger partial charge in [-0.3, -0.25) is 10.1 Å². The summed E-state index contributed by atoms with van der Waals surface area (Å²) in [5.74, 6) is -0.855. The van der Waals surface area contributed by atoms with Gasteiger partial charge in [0.1, 0.15) is 0 Å². The molecule has 1 aromatic rings. The van der Waals surface area contributed by atoms with Gasteiger partial charge in [0.2, 0.25) is 0 Å². The van der Waals surface area contributed by atoms with Gasteiger partial charge in [-0.1, -0.05) is 0 Å². The molecular formula is C16H23N3O4S. The van der Waals surface area contributed by atoms with E-state index in [4.69, 9.17) is 9.84 Å². The number of aryl methyl sites for hydroxylation is 1. The van der Waals surface area contributed by atoms with Gasteiger partial charge >= 0.3 is 12.0 Å². The minimum Gasteiger partial charge on any atom is -0.481 e. The lowest BCUT2D eigenvalue weighted by atomic mass is 9.70. The van der Waals surface area contributed by atoms with Crippen molar-refractivity contribution < 1.29 is 19.4 Å². The average molecular weight is 353 g/mol. The molecule has 3 N–H and O–H groups in total. The molecule has 0 aromatic carbocycles. The summed E-state index contributed by atoms with van der Waals surface area (Å²) in [4.78, 5) is 28.1. The average Bonchev–Trinajstić information content (AvgIpc) is 2.93. The van der Waals surface area contributed by atoms with Crippen molar-refractivity contribution in [1.82, 2.24) is 10.3 Å². The number of hydrogen-bond acceptors (Lipinski definition) is 5. The smallest absolute Gasteiger partial charge is 0.321 e. The minimum absolute atomic E-state index is 0.0532. The molecule has 0 radical (unpaired) electrons. The maximum absolute atomic E-state index is 11.8. The van der Waals surface area contributed by atoms with E-state index in [1.54, 1.807) is 11.3 Å². The van der Waals surface area contributed by atoms with Crippen LogP contribution in [0.1, 0.15) is 42.7 Å². The Hall–Kier alpha value is -1.67. The largest absolute Gasteiger partial charge is 0.481 e. The highest BCUT2D eigenvalue weighted by Gasteiger charge is 2.37. The van der Waals surface area contributed by atoms with E-state index in [0.717, 1.165) is 51.0 Å². The number of aromatic nitrogens is 1. The Labute approximate surface area is 144 Å². The van der Waals surface area contributed by atoms with Crippen LogP contribution in [0.5, 0.6) is 0 Å². The number of amides is 2. The van der Waals surface area contributed by atoms with Crippen molar-refractivity contribution in [3.05, 3.63) is 10.6 Å². The number of hydrogen-bond donors (Lipinski definition) is 3. The van der Waals surface area contributed by atoms with Crippen molar-refractivity contribution >= 4 is 28.5 Å². The second-order valence-electron chi connectivity index (χ2n) is 6.56. The number of carboxylic acids is 1. The van der Waals surface area contributed by atoms with Gasteiger partial charge in [0.05, 0.1) is 5.69 Å². The van der Waals surface area contributed by atoms with Crippen LogP contribution < -0.4 is 10.6 Å². The van der Waals surface area contributed by atoms with Crippen molar-refractivity contribution in [2.24, 2.45) is 5.41 Å². The number of carbonyl (C=O) groups is 2. The number of aliphatic carboxylic acids is 1. The molecule has 0 saturated carbocycles. The molecular weight excluding hydrogens is 330 g/mol. The monoisotopic (exact) mass is 353 g/mol. The summed E-state index contributed by atoms with van der Waals surface area (Å²) < 4.78 is 5.49. The SMILES string of the molecule is O=C(O)CCCNC(=O)Nc1nc2c(s1)CC1(CCOCC1)CC2. The van der Waals surface area contributed by atoms with E-state index in [1.165, 1.54) is 4.88 Å². The van der Waals surface area contributed by atoms with Gasteiger partial charge in [0.25, 0.3) is 0 Å². The van der Waals surface area contributed by atoms with E-state index in [9.17, 15) is 9.59 Å². The number of anilines is 1. The van der Waals surface area contributed by atoms with E-state index in [-0.39, 0.29) is 12.5 Å². The van der Waals surface area contributed by atoms with Gasteiger partial charge in [-0.15, -0.1) is 11.3 Å². The zero-order valence-electron chi connectivity index (χ0n) is 13.6. The van der Waals surface area contributed by atoms with Gasteiger partial charge in [0, 0.05) is 31.1 Å². The third-order valence-corrected chi connectivity index (χ3v) is 5.85. The molecule has 1 aromatic heterocycles. The lowest BCUT2D eigenvalue weighted by Crippen LogP contribution is -2.34. The first kappa shape index (κ1) is 17.2. The number of thiazole rings is 1. The zero-order valence-corrected chi connectivity index (χ0v) is 14.4. The number of urea groups is 1. The number of carboxylic acid groups (broad SMARTS) is 1. The van der Waals surface area contributed by atoms with E-state index < -0.39 is 5.97 Å². The van der Waals surface area contributed by atoms with Crippen LogP contribution >= 0.6 is 11.3 Å². The van der Waals surface area contributed by atoms with Gasteiger partial charge in [-0.2, -0.15) is 0 Å².